The summed E-state index contributed by atoms with van der Waals surface area (Å²) < 4.78 is 0. The minimum atomic E-state index is 0.147. The van der Waals surface area contributed by atoms with Crippen LogP contribution in [0.1, 0.15) is 24.2 Å². The predicted molar refractivity (Wildman–Crippen MR) is 70.3 cm³/mol. The van der Waals surface area contributed by atoms with Crippen LogP contribution in [0.15, 0.2) is 36.5 Å². The maximum atomic E-state index is 5.85. The summed E-state index contributed by atoms with van der Waals surface area (Å²) in [7, 11) is 0. The van der Waals surface area contributed by atoms with Crippen LogP contribution in [-0.4, -0.2) is 9.97 Å². The molecule has 0 bridgehead atoms. The molecule has 1 aromatic heterocycles. The molecule has 2 rings (SSSR count). The van der Waals surface area contributed by atoms with Crippen molar-refractivity contribution in [1.82, 2.24) is 9.97 Å². The third kappa shape index (κ3) is 3.17. The molecule has 0 radical (unpaired) electrons. The number of nitrogens with one attached hydrogen (secondary N) is 1. The van der Waals surface area contributed by atoms with E-state index in [1.165, 1.54) is 0 Å². The van der Waals surface area contributed by atoms with Gasteiger partial charge in [-0.05, 0) is 37.6 Å². The molecule has 17 heavy (non-hydrogen) atoms. The lowest BCUT2D eigenvalue weighted by Crippen LogP contribution is -2.09. The van der Waals surface area contributed by atoms with Gasteiger partial charge in [-0.15, -0.1) is 0 Å². The third-order valence-electron chi connectivity index (χ3n) is 2.51. The van der Waals surface area contributed by atoms with Gasteiger partial charge in [-0.3, -0.25) is 0 Å². The van der Waals surface area contributed by atoms with E-state index in [-0.39, 0.29) is 6.04 Å². The molecule has 4 heteroatoms. The van der Waals surface area contributed by atoms with Crippen molar-refractivity contribution in [2.24, 2.45) is 0 Å². The van der Waals surface area contributed by atoms with E-state index in [2.05, 4.69) is 22.2 Å². The number of benzene rings is 1. The molecule has 1 unspecified atom stereocenters. The number of anilines is 1. The summed E-state index contributed by atoms with van der Waals surface area (Å²) in [4.78, 5) is 8.48. The third-order valence-corrected chi connectivity index (χ3v) is 2.76. The molecule has 0 aliphatic carbocycles. The molecule has 0 saturated heterocycles. The van der Waals surface area contributed by atoms with Crippen LogP contribution in [0.5, 0.6) is 0 Å². The molecule has 1 N–H and O–H groups in total. The van der Waals surface area contributed by atoms with Crippen molar-refractivity contribution >= 4 is 17.5 Å². The van der Waals surface area contributed by atoms with Crippen LogP contribution in [0.25, 0.3) is 0 Å². The summed E-state index contributed by atoms with van der Waals surface area (Å²) in [5, 5.41) is 4.00. The van der Waals surface area contributed by atoms with E-state index in [1.807, 2.05) is 37.3 Å². The second-order valence-electron chi connectivity index (χ2n) is 3.94. The lowest BCUT2D eigenvalue weighted by molar-refractivity contribution is 0.857. The molecule has 88 valence electrons. The highest BCUT2D eigenvalue weighted by Gasteiger charge is 2.06. The lowest BCUT2D eigenvalue weighted by atomic mass is 10.1. The fourth-order valence-corrected chi connectivity index (χ4v) is 1.67. The molecule has 0 amide bonds. The predicted octanol–water partition coefficient (Wildman–Crippen LogP) is 3.61. The van der Waals surface area contributed by atoms with Gasteiger partial charge < -0.3 is 5.32 Å². The summed E-state index contributed by atoms with van der Waals surface area (Å²) in [6.07, 6.45) is 1.75. The Morgan fingerprint density at radius 3 is 2.53 bits per heavy atom. The minimum absolute atomic E-state index is 0.147. The van der Waals surface area contributed by atoms with Crippen LogP contribution in [-0.2, 0) is 0 Å². The van der Waals surface area contributed by atoms with Crippen LogP contribution < -0.4 is 5.32 Å². The molecule has 1 aromatic carbocycles. The van der Waals surface area contributed by atoms with Crippen molar-refractivity contribution in [1.29, 1.82) is 0 Å². The first-order valence-corrected chi connectivity index (χ1v) is 5.84. The quantitative estimate of drug-likeness (QED) is 0.900. The van der Waals surface area contributed by atoms with E-state index in [4.69, 9.17) is 11.6 Å². The molecule has 0 aliphatic heterocycles. The standard InChI is InChI=1S/C13H14ClN3/c1-9-7-8-15-13(16-9)17-10(2)11-3-5-12(14)6-4-11/h3-8,10H,1-2H3,(H,15,16,17). The Balaban J connectivity index is 2.11. The van der Waals surface area contributed by atoms with Crippen LogP contribution in [0.2, 0.25) is 5.02 Å². The fraction of sp³-hybridized carbons (Fsp3) is 0.231. The van der Waals surface area contributed by atoms with Crippen molar-refractivity contribution in [2.45, 2.75) is 19.9 Å². The molecule has 1 heterocycles. The smallest absolute Gasteiger partial charge is 0.223 e. The molecule has 2 aromatic rings. The molecule has 0 aliphatic rings. The number of hydrogen-bond acceptors (Lipinski definition) is 3. The second kappa shape index (κ2) is 5.15. The Morgan fingerprint density at radius 2 is 1.88 bits per heavy atom. The zero-order valence-electron chi connectivity index (χ0n) is 9.81. The van der Waals surface area contributed by atoms with Gasteiger partial charge in [0.2, 0.25) is 5.95 Å². The van der Waals surface area contributed by atoms with Crippen LogP contribution in [0.3, 0.4) is 0 Å². The molecule has 0 spiro atoms. The van der Waals surface area contributed by atoms with Gasteiger partial charge >= 0.3 is 0 Å². The van der Waals surface area contributed by atoms with Crippen LogP contribution in [0, 0.1) is 6.92 Å². The monoisotopic (exact) mass is 247 g/mol. The van der Waals surface area contributed by atoms with Crippen LogP contribution in [0.4, 0.5) is 5.95 Å². The van der Waals surface area contributed by atoms with Crippen molar-refractivity contribution < 1.29 is 0 Å². The number of aryl methyl sites for hydroxylation is 1. The van der Waals surface area contributed by atoms with Gasteiger partial charge in [0.1, 0.15) is 0 Å². The van der Waals surface area contributed by atoms with Crippen molar-refractivity contribution in [3.63, 3.8) is 0 Å². The Labute approximate surface area is 106 Å². The normalized spacial score (nSPS) is 12.2. The maximum Gasteiger partial charge on any atom is 0.223 e. The van der Waals surface area contributed by atoms with E-state index < -0.39 is 0 Å². The average molecular weight is 248 g/mol. The number of hydrogen-bond donors (Lipinski definition) is 1. The van der Waals surface area contributed by atoms with Crippen LogP contribution >= 0.6 is 11.6 Å². The Kier molecular flexibility index (Phi) is 3.59. The zero-order valence-corrected chi connectivity index (χ0v) is 10.6. The zero-order chi connectivity index (χ0) is 12.3. The first-order chi connectivity index (χ1) is 8.15. The lowest BCUT2D eigenvalue weighted by Gasteiger charge is -2.14. The summed E-state index contributed by atoms with van der Waals surface area (Å²) in [5.74, 6) is 0.646. The topological polar surface area (TPSA) is 37.8 Å². The highest BCUT2D eigenvalue weighted by molar-refractivity contribution is 6.30. The molecule has 0 saturated carbocycles. The maximum absolute atomic E-state index is 5.85. The second-order valence-corrected chi connectivity index (χ2v) is 4.38. The van der Waals surface area contributed by atoms with E-state index in [1.54, 1.807) is 6.20 Å². The number of halogens is 1. The molecule has 3 nitrogen and oxygen atoms in total. The molecular weight excluding hydrogens is 234 g/mol. The van der Waals surface area contributed by atoms with E-state index in [0.717, 1.165) is 16.3 Å². The van der Waals surface area contributed by atoms with E-state index >= 15 is 0 Å². The van der Waals surface area contributed by atoms with Crippen molar-refractivity contribution in [3.05, 3.63) is 52.8 Å². The molecule has 1 atom stereocenters. The van der Waals surface area contributed by atoms with Gasteiger partial charge in [-0.25, -0.2) is 9.97 Å². The van der Waals surface area contributed by atoms with Gasteiger partial charge in [-0.2, -0.15) is 0 Å². The SMILES string of the molecule is Cc1ccnc(NC(C)c2ccc(Cl)cc2)n1. The Morgan fingerprint density at radius 1 is 1.18 bits per heavy atom. The summed E-state index contributed by atoms with van der Waals surface area (Å²) in [6.45, 7) is 4.01. The summed E-state index contributed by atoms with van der Waals surface area (Å²) in [6, 6.07) is 9.77. The number of nitrogens with zero attached hydrogens (tertiary/aromatic N) is 2. The van der Waals surface area contributed by atoms with Crippen molar-refractivity contribution in [3.8, 4) is 0 Å². The van der Waals surface area contributed by atoms with Gasteiger partial charge in [0, 0.05) is 16.9 Å². The van der Waals surface area contributed by atoms with E-state index in [9.17, 15) is 0 Å². The Bertz CT molecular complexity index is 496. The molecular formula is C13H14ClN3. The van der Waals surface area contributed by atoms with E-state index in [0.29, 0.717) is 5.95 Å². The average Bonchev–Trinajstić information content (AvgIpc) is 2.29. The highest BCUT2D eigenvalue weighted by atomic mass is 35.5. The highest BCUT2D eigenvalue weighted by Crippen LogP contribution is 2.18. The van der Waals surface area contributed by atoms with Gasteiger partial charge in [0.05, 0.1) is 6.04 Å². The minimum Gasteiger partial charge on any atom is -0.348 e. The van der Waals surface area contributed by atoms with Crippen molar-refractivity contribution in [2.75, 3.05) is 5.32 Å². The van der Waals surface area contributed by atoms with Gasteiger partial charge in [0.15, 0.2) is 0 Å². The fourth-order valence-electron chi connectivity index (χ4n) is 1.55. The Hall–Kier alpha value is -1.61. The molecule has 0 fully saturated rings. The largest absolute Gasteiger partial charge is 0.348 e. The summed E-state index contributed by atoms with van der Waals surface area (Å²) >= 11 is 5.85. The number of rotatable bonds is 3. The first kappa shape index (κ1) is 11.9. The van der Waals surface area contributed by atoms with Gasteiger partial charge in [-0.1, -0.05) is 23.7 Å². The first-order valence-electron chi connectivity index (χ1n) is 5.47. The number of aromatic nitrogens is 2. The van der Waals surface area contributed by atoms with Gasteiger partial charge in [0.25, 0.3) is 0 Å². The summed E-state index contributed by atoms with van der Waals surface area (Å²) in [5.41, 5.74) is 2.10.